The highest BCUT2D eigenvalue weighted by Crippen LogP contribution is 2.22. The Morgan fingerprint density at radius 1 is 0.447 bits per heavy atom. The van der Waals surface area contributed by atoms with E-state index < -0.39 is 187 Å². The molecule has 23 N–H and O–H groups in total. The number of nitrogens with zero attached hydrogens (tertiary/aromatic N) is 1. The van der Waals surface area contributed by atoms with Crippen molar-refractivity contribution >= 4 is 125 Å². The van der Waals surface area contributed by atoms with Crippen LogP contribution < -0.4 is 85.9 Å². The van der Waals surface area contributed by atoms with E-state index in [0.29, 0.717) is 46.9 Å². The summed E-state index contributed by atoms with van der Waals surface area (Å²) < 4.78 is 0. The number of rotatable bonds is 48. The summed E-state index contributed by atoms with van der Waals surface area (Å²) >= 11 is 8.32. The van der Waals surface area contributed by atoms with Crippen molar-refractivity contribution in [3.8, 4) is 0 Å². The van der Waals surface area contributed by atoms with Crippen LogP contribution in [0, 0.1) is 5.92 Å². The van der Waals surface area contributed by atoms with E-state index >= 15 is 14.4 Å². The van der Waals surface area contributed by atoms with Crippen LogP contribution in [0.4, 0.5) is 5.69 Å². The largest absolute Gasteiger partial charge is 0.480 e. The number of hydrogen-bond donors (Lipinski definition) is 22. The molecule has 622 valence electrons. The second-order valence-corrected chi connectivity index (χ2v) is 28.6. The first-order valence-corrected chi connectivity index (χ1v) is 38.7. The summed E-state index contributed by atoms with van der Waals surface area (Å²) in [6.07, 6.45) is -1.16. The lowest BCUT2D eigenvalue weighted by Gasteiger charge is -2.32. The highest BCUT2D eigenvalue weighted by Gasteiger charge is 2.40. The summed E-state index contributed by atoms with van der Waals surface area (Å²) in [6, 6.07) is 11.9. The highest BCUT2D eigenvalue weighted by molar-refractivity contribution is 7.80. The zero-order valence-electron chi connectivity index (χ0n) is 64.5. The molecule has 15 atom stereocenters. The minimum absolute atomic E-state index is 0.0371. The van der Waals surface area contributed by atoms with Gasteiger partial charge < -0.3 is 106 Å². The van der Waals surface area contributed by atoms with Crippen LogP contribution in [0.1, 0.15) is 96.8 Å². The standard InChI is InChI=1S/C77H109N17O18S2/c1-42(2)62(80)73(107)82-38-61(98)85-59(40-113)72(106)87-53(30-18-20-32-78)67(101)83-43(3)65(99)88-55(34-47-22-10-7-11-23-47)69(103)89-56(35-48-24-12-8-13-25-48)70(104)90-57(36-49-37-81-52-29-17-16-28-51(49)52)71(105)86-54(31-19-21-33-79)68(102)93-63(45(5)96)74(108)84-44(4)66(100)92-64(46(6)97)75(109)91-58(39-95)76(110)94(60(41-114)77(111)112)50-26-14-9-15-27-50/h7-17,22-29,37,42-46,53-60,62-64,81,95-97,113-114H,18-21,30-36,38-41,78-80H2,1-6H3,(H,82,107)(H,83,101)(H,84,108)(H,85,98)(H,86,105)(H,87,106)(H,88,99)(H,89,103)(H,90,104)(H,91,109)(H,92,100)(H,93,102)(H,111,112)/t43-,44-,45+,46+,53-,54-,55-,56-,57+,58-,59-,60-,62+,63-,64-/m0/s1. The van der Waals surface area contributed by atoms with Crippen molar-refractivity contribution in [2.45, 2.75) is 190 Å². The monoisotopic (exact) mass is 1620 g/mol. The summed E-state index contributed by atoms with van der Waals surface area (Å²) in [5, 5.41) is 73.2. The van der Waals surface area contributed by atoms with Crippen LogP contribution in [-0.2, 0) is 86.4 Å². The molecule has 0 bridgehead atoms. The number of para-hydroxylation sites is 2. The zero-order valence-corrected chi connectivity index (χ0v) is 66.3. The average Bonchev–Trinajstić information content (AvgIpc) is 1.21. The molecule has 0 saturated heterocycles. The number of thiol groups is 2. The van der Waals surface area contributed by atoms with Crippen LogP contribution in [0.15, 0.2) is 121 Å². The number of carboxylic acid groups (broad SMARTS) is 1. The van der Waals surface area contributed by atoms with Crippen molar-refractivity contribution < 1.29 is 87.5 Å². The van der Waals surface area contributed by atoms with Crippen molar-refractivity contribution in [1.29, 1.82) is 0 Å². The number of carbonyl (C=O) groups is 14. The Labute approximate surface area is 671 Å². The average molecular weight is 1620 g/mol. The van der Waals surface area contributed by atoms with Crippen LogP contribution in [-0.4, -0.2) is 237 Å². The first kappa shape index (κ1) is 94.1. The van der Waals surface area contributed by atoms with Crippen LogP contribution in [0.5, 0.6) is 0 Å². The molecule has 0 saturated carbocycles. The van der Waals surface area contributed by atoms with Gasteiger partial charge in [-0.05, 0) is 120 Å². The molecule has 0 aliphatic carbocycles. The number of aromatic nitrogens is 1. The third-order valence-electron chi connectivity index (χ3n) is 18.5. The number of aliphatic hydroxyl groups is 3. The number of carboxylic acids is 1. The molecule has 0 fully saturated rings. The fraction of sp³-hybridized carbons (Fsp3) is 0.481. The van der Waals surface area contributed by atoms with Gasteiger partial charge in [-0.2, -0.15) is 25.3 Å². The molecular formula is C77H109N17O18S2. The van der Waals surface area contributed by atoms with Crippen molar-refractivity contribution in [1.82, 2.24) is 68.8 Å². The number of H-pyrrole nitrogens is 1. The van der Waals surface area contributed by atoms with E-state index in [4.69, 9.17) is 17.2 Å². The van der Waals surface area contributed by atoms with Gasteiger partial charge in [0.05, 0.1) is 31.4 Å². The second kappa shape index (κ2) is 47.9. The third kappa shape index (κ3) is 29.5. The van der Waals surface area contributed by atoms with Gasteiger partial charge in [-0.1, -0.05) is 111 Å². The summed E-state index contributed by atoms with van der Waals surface area (Å²) in [7, 11) is 0. The van der Waals surface area contributed by atoms with Gasteiger partial charge >= 0.3 is 5.97 Å². The van der Waals surface area contributed by atoms with Gasteiger partial charge in [0.2, 0.25) is 70.9 Å². The summed E-state index contributed by atoms with van der Waals surface area (Å²) in [6.45, 7) is 7.03. The number of nitrogens with one attached hydrogen (secondary N) is 13. The lowest BCUT2D eigenvalue weighted by Crippen LogP contribution is -2.63. The zero-order chi connectivity index (χ0) is 84.3. The molecule has 1 aromatic heterocycles. The Morgan fingerprint density at radius 3 is 1.32 bits per heavy atom. The Balaban J connectivity index is 1.39. The lowest BCUT2D eigenvalue weighted by molar-refractivity contribution is -0.140. The topological polar surface area (TPSA) is 561 Å². The number of aliphatic carboxylic acids is 1. The quantitative estimate of drug-likeness (QED) is 0.0137. The molecule has 0 radical (unpaired) electrons. The number of aliphatic hydroxyl groups excluding tert-OH is 3. The molecule has 5 aromatic rings. The van der Waals surface area contributed by atoms with E-state index in [1.165, 1.54) is 31.2 Å². The molecule has 0 aliphatic heterocycles. The fourth-order valence-corrected chi connectivity index (χ4v) is 12.4. The van der Waals surface area contributed by atoms with Gasteiger partial charge in [0.1, 0.15) is 72.5 Å². The van der Waals surface area contributed by atoms with Crippen LogP contribution in [0.2, 0.25) is 0 Å². The number of unbranched alkanes of at least 4 members (excludes halogenated alkanes) is 2. The number of anilines is 1. The number of benzene rings is 4. The molecule has 1 heterocycles. The second-order valence-electron chi connectivity index (χ2n) is 27.8. The molecule has 0 spiro atoms. The lowest BCUT2D eigenvalue weighted by atomic mass is 10.00. The Kier molecular flexibility index (Phi) is 39.5. The van der Waals surface area contributed by atoms with Crippen LogP contribution in [0.25, 0.3) is 10.9 Å². The van der Waals surface area contributed by atoms with E-state index in [1.54, 1.807) is 111 Å². The molecule has 0 aliphatic rings. The van der Waals surface area contributed by atoms with Gasteiger partial charge in [0, 0.05) is 53.6 Å². The number of hydrogen-bond acceptors (Lipinski definition) is 22. The molecule has 114 heavy (non-hydrogen) atoms. The number of carbonyl (C=O) groups excluding carboxylic acids is 13. The van der Waals surface area contributed by atoms with Gasteiger partial charge in [0.15, 0.2) is 0 Å². The Bertz CT molecular complexity index is 4030. The molecule has 4 aromatic carbocycles. The summed E-state index contributed by atoms with van der Waals surface area (Å²) in [4.78, 5) is 199. The van der Waals surface area contributed by atoms with Gasteiger partial charge in [-0.25, -0.2) is 4.79 Å². The number of aromatic amines is 1. The molecule has 13 amide bonds. The van der Waals surface area contributed by atoms with Gasteiger partial charge in [-0.3, -0.25) is 67.2 Å². The molecule has 5 rings (SSSR count). The van der Waals surface area contributed by atoms with Crippen molar-refractivity contribution in [3.05, 3.63) is 138 Å². The maximum absolute atomic E-state index is 15.3. The van der Waals surface area contributed by atoms with E-state index in [-0.39, 0.29) is 74.7 Å². The normalized spacial score (nSPS) is 15.2. The summed E-state index contributed by atoms with van der Waals surface area (Å²) in [5.41, 5.74) is 19.9. The van der Waals surface area contributed by atoms with E-state index in [0.717, 1.165) is 25.7 Å². The van der Waals surface area contributed by atoms with Crippen molar-refractivity contribution in [2.75, 3.05) is 42.6 Å². The molecule has 0 unspecified atom stereocenters. The van der Waals surface area contributed by atoms with E-state index in [9.17, 15) is 73.2 Å². The SMILES string of the molecule is CC(C)[C@@H](N)C(=O)NCC(=O)N[C@@H](CS)C(=O)N[C@@H](CCCCN)C(=O)N[C@@H](C)C(=O)N[C@@H](Cc1ccccc1)C(=O)N[C@@H](Cc1ccccc1)C(=O)N[C@H](Cc1c[nH]c2ccccc12)C(=O)N[C@@H](CCCCN)C(=O)N[C@H](C(=O)N[C@@H](C)C(=O)N[C@H](C(=O)N[C@@H](CO)C(=O)N(c1ccccc1)[C@@H](CS)C(=O)O)[C@@H](C)O)[C@@H](C)O. The Morgan fingerprint density at radius 2 is 0.851 bits per heavy atom. The number of amides is 13. The minimum atomic E-state index is -1.87. The van der Waals surface area contributed by atoms with Crippen molar-refractivity contribution in [3.63, 3.8) is 0 Å². The third-order valence-corrected chi connectivity index (χ3v) is 19.2. The maximum Gasteiger partial charge on any atom is 0.327 e. The predicted molar refractivity (Wildman–Crippen MR) is 430 cm³/mol. The molecule has 35 nitrogen and oxygen atoms in total. The summed E-state index contributed by atoms with van der Waals surface area (Å²) in [5.74, 6) is -14.5. The maximum atomic E-state index is 15.3. The Hall–Kier alpha value is -10.5. The first-order valence-electron chi connectivity index (χ1n) is 37.5. The molecule has 37 heteroatoms. The number of fused-ring (bicyclic) bond motifs is 1. The smallest absolute Gasteiger partial charge is 0.327 e. The van der Waals surface area contributed by atoms with Gasteiger partial charge in [-0.15, -0.1) is 0 Å². The van der Waals surface area contributed by atoms with Crippen LogP contribution >= 0.6 is 25.3 Å². The first-order chi connectivity index (χ1) is 54.3. The van der Waals surface area contributed by atoms with E-state index in [1.807, 2.05) is 0 Å². The number of nitrogens with two attached hydrogens (primary N) is 3. The fourth-order valence-electron chi connectivity index (χ4n) is 11.8. The van der Waals surface area contributed by atoms with E-state index in [2.05, 4.69) is 94.0 Å². The van der Waals surface area contributed by atoms with Crippen LogP contribution in [0.3, 0.4) is 0 Å². The predicted octanol–water partition coefficient (Wildman–Crippen LogP) is -2.97. The minimum Gasteiger partial charge on any atom is -0.480 e. The highest BCUT2D eigenvalue weighted by atomic mass is 32.1. The molecular weight excluding hydrogens is 1520 g/mol. The van der Waals surface area contributed by atoms with Crippen molar-refractivity contribution in [2.24, 2.45) is 23.1 Å². The van der Waals surface area contributed by atoms with Gasteiger partial charge in [0.25, 0.3) is 5.91 Å².